The van der Waals surface area contributed by atoms with E-state index < -0.39 is 5.54 Å². The van der Waals surface area contributed by atoms with E-state index in [0.717, 1.165) is 35.7 Å². The van der Waals surface area contributed by atoms with E-state index >= 15 is 0 Å². The minimum atomic E-state index is -0.494. The highest BCUT2D eigenvalue weighted by Gasteiger charge is 2.26. The van der Waals surface area contributed by atoms with Gasteiger partial charge in [-0.1, -0.05) is 18.2 Å². The lowest BCUT2D eigenvalue weighted by molar-refractivity contribution is 0.382. The van der Waals surface area contributed by atoms with Gasteiger partial charge in [-0.15, -0.1) is 0 Å². The Hall–Kier alpha value is -1.81. The number of hydrogen-bond donors (Lipinski definition) is 1. The van der Waals surface area contributed by atoms with Gasteiger partial charge in [0.1, 0.15) is 5.75 Å². The molecule has 20 heavy (non-hydrogen) atoms. The lowest BCUT2D eigenvalue weighted by atomic mass is 9.87. The number of aryl methyl sites for hydroxylation is 2. The molecule has 0 fully saturated rings. The van der Waals surface area contributed by atoms with E-state index in [1.165, 1.54) is 0 Å². The fourth-order valence-corrected chi connectivity index (χ4v) is 2.60. The predicted octanol–water partition coefficient (Wildman–Crippen LogP) is 2.64. The predicted molar refractivity (Wildman–Crippen MR) is 80.9 cm³/mol. The van der Waals surface area contributed by atoms with Crippen molar-refractivity contribution >= 4 is 0 Å². The van der Waals surface area contributed by atoms with E-state index in [4.69, 9.17) is 10.5 Å². The molecule has 0 aliphatic carbocycles. The molecule has 1 heterocycles. The summed E-state index contributed by atoms with van der Waals surface area (Å²) >= 11 is 0. The van der Waals surface area contributed by atoms with Crippen LogP contribution in [0.15, 0.2) is 30.3 Å². The Balaban J connectivity index is 2.35. The van der Waals surface area contributed by atoms with Crippen LogP contribution in [0.5, 0.6) is 5.75 Å². The van der Waals surface area contributed by atoms with Gasteiger partial charge in [0.2, 0.25) is 0 Å². The fourth-order valence-electron chi connectivity index (χ4n) is 2.60. The van der Waals surface area contributed by atoms with E-state index in [1.807, 2.05) is 42.8 Å². The van der Waals surface area contributed by atoms with Crippen LogP contribution in [0.4, 0.5) is 0 Å². The quantitative estimate of drug-likeness (QED) is 0.911. The van der Waals surface area contributed by atoms with E-state index in [-0.39, 0.29) is 0 Å². The van der Waals surface area contributed by atoms with Crippen molar-refractivity contribution in [2.75, 3.05) is 7.11 Å². The summed E-state index contributed by atoms with van der Waals surface area (Å²) in [5.74, 6) is 0.830. The van der Waals surface area contributed by atoms with E-state index in [0.29, 0.717) is 0 Å². The number of nitrogens with two attached hydrogens (primary N) is 1. The summed E-state index contributed by atoms with van der Waals surface area (Å²) in [5.41, 5.74) is 9.26. The van der Waals surface area contributed by atoms with Gasteiger partial charge in [-0.2, -0.15) is 5.10 Å². The molecule has 1 atom stereocenters. The van der Waals surface area contributed by atoms with Crippen LogP contribution >= 0.6 is 0 Å². The summed E-state index contributed by atoms with van der Waals surface area (Å²) in [6.45, 7) is 6.98. The zero-order valence-electron chi connectivity index (χ0n) is 12.7. The molecule has 2 N–H and O–H groups in total. The number of rotatable bonds is 5. The average molecular weight is 273 g/mol. The molecule has 108 valence electrons. The van der Waals surface area contributed by atoms with Gasteiger partial charge >= 0.3 is 0 Å². The molecule has 0 bridgehead atoms. The Kier molecular flexibility index (Phi) is 4.14. The number of hydrogen-bond acceptors (Lipinski definition) is 3. The van der Waals surface area contributed by atoms with Crippen molar-refractivity contribution in [1.29, 1.82) is 0 Å². The van der Waals surface area contributed by atoms with Crippen molar-refractivity contribution < 1.29 is 4.74 Å². The molecule has 2 aromatic rings. The summed E-state index contributed by atoms with van der Waals surface area (Å²) < 4.78 is 7.44. The third-order valence-electron chi connectivity index (χ3n) is 3.56. The molecular formula is C16H23N3O. The topological polar surface area (TPSA) is 53.1 Å². The highest BCUT2D eigenvalue weighted by Crippen LogP contribution is 2.30. The maximum absolute atomic E-state index is 6.56. The van der Waals surface area contributed by atoms with Gasteiger partial charge in [-0.3, -0.25) is 4.68 Å². The molecule has 0 aliphatic rings. The Morgan fingerprint density at radius 2 is 2.05 bits per heavy atom. The SMILES string of the molecule is CCn1nc(C)cc1CC(C)(N)c1ccccc1OC. The molecule has 0 radical (unpaired) electrons. The molecule has 1 aromatic carbocycles. The van der Waals surface area contributed by atoms with Gasteiger partial charge in [0.25, 0.3) is 0 Å². The van der Waals surface area contributed by atoms with E-state index in [1.54, 1.807) is 7.11 Å². The molecule has 2 rings (SSSR count). The van der Waals surface area contributed by atoms with Gasteiger partial charge in [-0.05, 0) is 32.9 Å². The molecule has 4 heteroatoms. The second-order valence-corrected chi connectivity index (χ2v) is 5.39. The largest absolute Gasteiger partial charge is 0.496 e. The number of para-hydroxylation sites is 1. The highest BCUT2D eigenvalue weighted by molar-refractivity contribution is 5.39. The van der Waals surface area contributed by atoms with Gasteiger partial charge in [0.05, 0.1) is 12.8 Å². The number of benzene rings is 1. The van der Waals surface area contributed by atoms with Crippen LogP contribution in [0.25, 0.3) is 0 Å². The molecule has 0 aliphatic heterocycles. The fraction of sp³-hybridized carbons (Fsp3) is 0.438. The standard InChI is InChI=1S/C16H23N3O/c1-5-19-13(10-12(2)18-19)11-16(3,17)14-8-6-7-9-15(14)20-4/h6-10H,5,11,17H2,1-4H3. The van der Waals surface area contributed by atoms with Crippen molar-refractivity contribution in [3.05, 3.63) is 47.3 Å². The molecule has 0 saturated carbocycles. The van der Waals surface area contributed by atoms with Crippen molar-refractivity contribution in [3.63, 3.8) is 0 Å². The highest BCUT2D eigenvalue weighted by atomic mass is 16.5. The van der Waals surface area contributed by atoms with Crippen LogP contribution in [-0.4, -0.2) is 16.9 Å². The molecule has 0 spiro atoms. The molecule has 4 nitrogen and oxygen atoms in total. The summed E-state index contributed by atoms with van der Waals surface area (Å²) in [6.07, 6.45) is 0.724. The maximum atomic E-state index is 6.56. The maximum Gasteiger partial charge on any atom is 0.123 e. The van der Waals surface area contributed by atoms with Crippen LogP contribution in [0, 0.1) is 6.92 Å². The lowest BCUT2D eigenvalue weighted by Gasteiger charge is -2.27. The Morgan fingerprint density at radius 1 is 1.35 bits per heavy atom. The lowest BCUT2D eigenvalue weighted by Crippen LogP contribution is -2.36. The smallest absolute Gasteiger partial charge is 0.123 e. The molecule has 1 unspecified atom stereocenters. The normalized spacial score (nSPS) is 14.1. The molecule has 0 amide bonds. The monoisotopic (exact) mass is 273 g/mol. The third kappa shape index (κ3) is 2.85. The Bertz CT molecular complexity index is 587. The number of nitrogens with zero attached hydrogens (tertiary/aromatic N) is 2. The van der Waals surface area contributed by atoms with Gasteiger partial charge in [-0.25, -0.2) is 0 Å². The zero-order chi connectivity index (χ0) is 14.8. The number of aromatic nitrogens is 2. The first-order chi connectivity index (χ1) is 9.47. The van der Waals surface area contributed by atoms with Gasteiger partial charge in [0.15, 0.2) is 0 Å². The van der Waals surface area contributed by atoms with Crippen LogP contribution in [0.2, 0.25) is 0 Å². The number of methoxy groups -OCH3 is 1. The van der Waals surface area contributed by atoms with Crippen molar-refractivity contribution in [2.24, 2.45) is 5.73 Å². The second kappa shape index (κ2) is 5.67. The first-order valence-electron chi connectivity index (χ1n) is 6.93. The van der Waals surface area contributed by atoms with Crippen LogP contribution in [0.3, 0.4) is 0 Å². The third-order valence-corrected chi connectivity index (χ3v) is 3.56. The Morgan fingerprint density at radius 3 is 2.70 bits per heavy atom. The van der Waals surface area contributed by atoms with Crippen LogP contribution in [-0.2, 0) is 18.5 Å². The van der Waals surface area contributed by atoms with E-state index in [2.05, 4.69) is 18.1 Å². The zero-order valence-corrected chi connectivity index (χ0v) is 12.7. The molecular weight excluding hydrogens is 250 g/mol. The minimum Gasteiger partial charge on any atom is -0.496 e. The van der Waals surface area contributed by atoms with Crippen molar-refractivity contribution in [1.82, 2.24) is 9.78 Å². The van der Waals surface area contributed by atoms with Crippen LogP contribution in [0.1, 0.15) is 30.8 Å². The van der Waals surface area contributed by atoms with Crippen molar-refractivity contribution in [3.8, 4) is 5.75 Å². The van der Waals surface area contributed by atoms with Crippen molar-refractivity contribution in [2.45, 2.75) is 39.3 Å². The summed E-state index contributed by atoms with van der Waals surface area (Å²) in [4.78, 5) is 0. The van der Waals surface area contributed by atoms with E-state index in [9.17, 15) is 0 Å². The minimum absolute atomic E-state index is 0.494. The number of ether oxygens (including phenoxy) is 1. The van der Waals surface area contributed by atoms with Crippen LogP contribution < -0.4 is 10.5 Å². The molecule has 0 saturated heterocycles. The Labute approximate surface area is 120 Å². The summed E-state index contributed by atoms with van der Waals surface area (Å²) in [6, 6.07) is 10.0. The summed E-state index contributed by atoms with van der Waals surface area (Å²) in [7, 11) is 1.68. The van der Waals surface area contributed by atoms with Gasteiger partial charge in [0, 0.05) is 29.8 Å². The molecule has 1 aromatic heterocycles. The first kappa shape index (κ1) is 14.6. The first-order valence-corrected chi connectivity index (χ1v) is 6.93. The summed E-state index contributed by atoms with van der Waals surface area (Å²) in [5, 5.41) is 4.48. The van der Waals surface area contributed by atoms with Gasteiger partial charge < -0.3 is 10.5 Å². The average Bonchev–Trinajstić information content (AvgIpc) is 2.77. The second-order valence-electron chi connectivity index (χ2n) is 5.39.